The topological polar surface area (TPSA) is 61.8 Å². The summed E-state index contributed by atoms with van der Waals surface area (Å²) in [6.07, 6.45) is 2.69. The summed E-state index contributed by atoms with van der Waals surface area (Å²) in [4.78, 5) is 25.0. The second-order valence-corrected chi connectivity index (χ2v) is 7.13. The van der Waals surface area contributed by atoms with E-state index in [9.17, 15) is 9.59 Å². The van der Waals surface area contributed by atoms with Crippen molar-refractivity contribution in [3.8, 4) is 17.2 Å². The molecule has 0 saturated heterocycles. The van der Waals surface area contributed by atoms with Gasteiger partial charge in [0.15, 0.2) is 18.1 Å². The van der Waals surface area contributed by atoms with Gasteiger partial charge in [0.1, 0.15) is 17.2 Å². The number of carbonyl (C=O) groups is 2. The van der Waals surface area contributed by atoms with E-state index in [-0.39, 0.29) is 23.9 Å². The molecule has 0 unspecified atom stereocenters. The third-order valence-corrected chi connectivity index (χ3v) is 5.11. The van der Waals surface area contributed by atoms with E-state index < -0.39 is 0 Å². The van der Waals surface area contributed by atoms with Gasteiger partial charge in [-0.05, 0) is 60.0 Å². The van der Waals surface area contributed by atoms with Gasteiger partial charge >= 0.3 is 0 Å². The van der Waals surface area contributed by atoms with E-state index >= 15 is 0 Å². The number of rotatable bonds is 7. The molecular weight excluding hydrogens is 392 g/mol. The van der Waals surface area contributed by atoms with Crippen LogP contribution in [0.3, 0.4) is 0 Å². The molecule has 1 aliphatic rings. The van der Waals surface area contributed by atoms with Crippen LogP contribution < -0.4 is 14.2 Å². The first kappa shape index (κ1) is 20.4. The lowest BCUT2D eigenvalue weighted by atomic mass is 10.1. The van der Waals surface area contributed by atoms with Gasteiger partial charge in [0, 0.05) is 11.6 Å². The Hall–Kier alpha value is -3.86. The summed E-state index contributed by atoms with van der Waals surface area (Å²) in [6, 6.07) is 19.8. The van der Waals surface area contributed by atoms with E-state index in [0.717, 1.165) is 12.0 Å². The minimum Gasteiger partial charge on any atom is -0.497 e. The van der Waals surface area contributed by atoms with Crippen molar-refractivity contribution in [3.63, 3.8) is 0 Å². The second-order valence-electron chi connectivity index (χ2n) is 7.13. The zero-order valence-electron chi connectivity index (χ0n) is 17.4. The Morgan fingerprint density at radius 3 is 2.35 bits per heavy atom. The molecular formula is C26H22O5. The van der Waals surface area contributed by atoms with Crippen molar-refractivity contribution in [1.82, 2.24) is 0 Å². The SMILES string of the molecule is CCc1ccc(/C=C2\Oc3cc(OCC(=O)c4ccc(OC)cc4)ccc3C2=O)cc1. The van der Waals surface area contributed by atoms with Gasteiger partial charge in [-0.1, -0.05) is 31.2 Å². The number of allylic oxidation sites excluding steroid dienone is 1. The van der Waals surface area contributed by atoms with Crippen LogP contribution in [0.5, 0.6) is 17.2 Å². The molecule has 0 bridgehead atoms. The number of methoxy groups -OCH3 is 1. The van der Waals surface area contributed by atoms with Crippen molar-refractivity contribution in [3.05, 3.63) is 94.7 Å². The average Bonchev–Trinajstić information content (AvgIpc) is 3.12. The number of ketones is 2. The number of Topliss-reactive ketones (excluding diaryl/α,β-unsaturated/α-hetero) is 2. The molecule has 0 radical (unpaired) electrons. The van der Waals surface area contributed by atoms with Crippen molar-refractivity contribution in [2.45, 2.75) is 13.3 Å². The van der Waals surface area contributed by atoms with Gasteiger partial charge in [-0.2, -0.15) is 0 Å². The van der Waals surface area contributed by atoms with Crippen LogP contribution in [0, 0.1) is 0 Å². The van der Waals surface area contributed by atoms with Gasteiger partial charge in [0.2, 0.25) is 5.78 Å². The molecule has 31 heavy (non-hydrogen) atoms. The normalized spacial score (nSPS) is 13.6. The number of carbonyl (C=O) groups excluding carboxylic acids is 2. The number of ether oxygens (including phenoxy) is 3. The molecule has 0 saturated carbocycles. The van der Waals surface area contributed by atoms with Gasteiger partial charge in [0.05, 0.1) is 12.7 Å². The van der Waals surface area contributed by atoms with E-state index in [0.29, 0.717) is 28.4 Å². The Kier molecular flexibility index (Phi) is 5.85. The molecule has 1 aliphatic heterocycles. The first-order chi connectivity index (χ1) is 15.1. The lowest BCUT2D eigenvalue weighted by molar-refractivity contribution is 0.0920. The molecule has 5 nitrogen and oxygen atoms in total. The number of fused-ring (bicyclic) bond motifs is 1. The van der Waals surface area contributed by atoms with Crippen LogP contribution in [0.25, 0.3) is 6.08 Å². The van der Waals surface area contributed by atoms with Gasteiger partial charge in [-0.15, -0.1) is 0 Å². The third-order valence-electron chi connectivity index (χ3n) is 5.11. The lowest BCUT2D eigenvalue weighted by Gasteiger charge is -2.07. The predicted molar refractivity (Wildman–Crippen MR) is 118 cm³/mol. The molecule has 0 spiro atoms. The van der Waals surface area contributed by atoms with Crippen LogP contribution >= 0.6 is 0 Å². The molecule has 156 valence electrons. The highest BCUT2D eigenvalue weighted by Crippen LogP contribution is 2.35. The molecule has 5 heteroatoms. The monoisotopic (exact) mass is 414 g/mol. The fourth-order valence-corrected chi connectivity index (χ4v) is 3.27. The van der Waals surface area contributed by atoms with Crippen LogP contribution in [0.1, 0.15) is 38.8 Å². The summed E-state index contributed by atoms with van der Waals surface area (Å²) < 4.78 is 16.5. The molecule has 0 atom stereocenters. The quantitative estimate of drug-likeness (QED) is 0.396. The summed E-state index contributed by atoms with van der Waals surface area (Å²) in [5.74, 6) is 1.51. The minimum atomic E-state index is -0.171. The van der Waals surface area contributed by atoms with E-state index in [1.54, 1.807) is 55.7 Å². The zero-order valence-corrected chi connectivity index (χ0v) is 17.4. The van der Waals surface area contributed by atoms with Crippen molar-refractivity contribution in [2.24, 2.45) is 0 Å². The Labute approximate surface area is 180 Å². The van der Waals surface area contributed by atoms with Gasteiger partial charge < -0.3 is 14.2 Å². The zero-order chi connectivity index (χ0) is 21.8. The van der Waals surface area contributed by atoms with Crippen LogP contribution in [0.4, 0.5) is 0 Å². The fourth-order valence-electron chi connectivity index (χ4n) is 3.27. The molecule has 0 fully saturated rings. The van der Waals surface area contributed by atoms with Gasteiger partial charge in [0.25, 0.3) is 0 Å². The average molecular weight is 414 g/mol. The number of hydrogen-bond donors (Lipinski definition) is 0. The number of benzene rings is 3. The summed E-state index contributed by atoms with van der Waals surface area (Å²) >= 11 is 0. The minimum absolute atomic E-state index is 0.120. The Morgan fingerprint density at radius 2 is 1.68 bits per heavy atom. The summed E-state index contributed by atoms with van der Waals surface area (Å²) in [5.41, 5.74) is 3.14. The maximum absolute atomic E-state index is 12.6. The van der Waals surface area contributed by atoms with Crippen molar-refractivity contribution >= 4 is 17.6 Å². The molecule has 0 N–H and O–H groups in total. The summed E-state index contributed by atoms with van der Waals surface area (Å²) in [6.45, 7) is 1.98. The highest BCUT2D eigenvalue weighted by molar-refractivity contribution is 6.14. The highest BCUT2D eigenvalue weighted by atomic mass is 16.5. The fraction of sp³-hybridized carbons (Fsp3) is 0.154. The number of hydrogen-bond acceptors (Lipinski definition) is 5. The van der Waals surface area contributed by atoms with Crippen LogP contribution in [0.2, 0.25) is 0 Å². The number of aryl methyl sites for hydroxylation is 1. The maximum atomic E-state index is 12.6. The molecule has 1 heterocycles. The van der Waals surface area contributed by atoms with Gasteiger partial charge in [-0.25, -0.2) is 0 Å². The van der Waals surface area contributed by atoms with Crippen molar-refractivity contribution in [2.75, 3.05) is 13.7 Å². The van der Waals surface area contributed by atoms with Crippen LogP contribution in [-0.2, 0) is 6.42 Å². The smallest absolute Gasteiger partial charge is 0.231 e. The molecule has 3 aromatic rings. The maximum Gasteiger partial charge on any atom is 0.231 e. The first-order valence-electron chi connectivity index (χ1n) is 10.0. The molecule has 0 aliphatic carbocycles. The van der Waals surface area contributed by atoms with E-state index in [1.165, 1.54) is 5.56 Å². The molecule has 0 amide bonds. The van der Waals surface area contributed by atoms with Crippen LogP contribution in [-0.4, -0.2) is 25.3 Å². The largest absolute Gasteiger partial charge is 0.497 e. The molecule has 3 aromatic carbocycles. The predicted octanol–water partition coefficient (Wildman–Crippen LogP) is 5.14. The Bertz CT molecular complexity index is 1140. The standard InChI is InChI=1S/C26H22O5/c1-3-17-4-6-18(7-5-17)14-25-26(28)22-13-12-21(15-24(22)31-25)30-16-23(27)19-8-10-20(29-2)11-9-19/h4-15H,3,16H2,1-2H3/b25-14-. The summed E-state index contributed by atoms with van der Waals surface area (Å²) in [7, 11) is 1.57. The second kappa shape index (κ2) is 8.88. The van der Waals surface area contributed by atoms with E-state index in [2.05, 4.69) is 6.92 Å². The molecule has 0 aromatic heterocycles. The first-order valence-corrected chi connectivity index (χ1v) is 10.0. The lowest BCUT2D eigenvalue weighted by Crippen LogP contribution is -2.11. The van der Waals surface area contributed by atoms with Crippen LogP contribution in [0.15, 0.2) is 72.5 Å². The Balaban J connectivity index is 1.43. The van der Waals surface area contributed by atoms with Gasteiger partial charge in [-0.3, -0.25) is 9.59 Å². The van der Waals surface area contributed by atoms with Crippen molar-refractivity contribution < 1.29 is 23.8 Å². The Morgan fingerprint density at radius 1 is 0.968 bits per heavy atom. The molecule has 4 rings (SSSR count). The van der Waals surface area contributed by atoms with Crippen molar-refractivity contribution in [1.29, 1.82) is 0 Å². The highest BCUT2D eigenvalue weighted by Gasteiger charge is 2.27. The summed E-state index contributed by atoms with van der Waals surface area (Å²) in [5, 5.41) is 0. The van der Waals surface area contributed by atoms with E-state index in [1.807, 2.05) is 24.3 Å². The van der Waals surface area contributed by atoms with E-state index in [4.69, 9.17) is 14.2 Å². The third kappa shape index (κ3) is 4.51.